The lowest BCUT2D eigenvalue weighted by molar-refractivity contribution is -0.133. The zero-order valence-electron chi connectivity index (χ0n) is 15.9. The van der Waals surface area contributed by atoms with Gasteiger partial charge in [0.1, 0.15) is 0 Å². The van der Waals surface area contributed by atoms with Gasteiger partial charge < -0.3 is 14.5 Å². The molecule has 0 unspecified atom stereocenters. The molecule has 142 valence electrons. The Morgan fingerprint density at radius 3 is 2.60 bits per heavy atom. The largest absolute Gasteiger partial charge is 0.376 e. The van der Waals surface area contributed by atoms with Gasteiger partial charge in [0.05, 0.1) is 6.10 Å². The maximum Gasteiger partial charge on any atom is 0.223 e. The zero-order chi connectivity index (χ0) is 17.1. The van der Waals surface area contributed by atoms with E-state index in [1.165, 1.54) is 71.0 Å². The van der Waals surface area contributed by atoms with Crippen molar-refractivity contribution in [2.75, 3.05) is 32.8 Å². The van der Waals surface area contributed by atoms with E-state index in [-0.39, 0.29) is 5.54 Å². The Morgan fingerprint density at radius 2 is 1.80 bits per heavy atom. The van der Waals surface area contributed by atoms with Crippen molar-refractivity contribution in [1.82, 2.24) is 9.80 Å². The van der Waals surface area contributed by atoms with Gasteiger partial charge in [0.25, 0.3) is 0 Å². The fourth-order valence-electron chi connectivity index (χ4n) is 5.83. The van der Waals surface area contributed by atoms with Gasteiger partial charge in [0.15, 0.2) is 0 Å². The minimum atomic E-state index is 0.143. The fraction of sp³-hybridized carbons (Fsp3) is 0.952. The number of ether oxygens (including phenoxy) is 1. The van der Waals surface area contributed by atoms with Crippen LogP contribution in [0.1, 0.15) is 77.0 Å². The standard InChI is InChI=1S/C21H36N2O2/c24-20-9-11-21(23(20)17-19-8-4-15-25-19)10-5-13-22(14-12-21)16-18-6-2-1-3-7-18/h18-19H,1-17H2/t19-,21-/m1/s1. The summed E-state index contributed by atoms with van der Waals surface area (Å²) in [5.41, 5.74) is 0.143. The highest BCUT2D eigenvalue weighted by Crippen LogP contribution is 2.40. The molecule has 0 aromatic heterocycles. The van der Waals surface area contributed by atoms with Crippen molar-refractivity contribution in [3.05, 3.63) is 0 Å². The predicted molar refractivity (Wildman–Crippen MR) is 99.5 cm³/mol. The first-order valence-corrected chi connectivity index (χ1v) is 10.9. The van der Waals surface area contributed by atoms with Gasteiger partial charge in [-0.25, -0.2) is 0 Å². The van der Waals surface area contributed by atoms with Crippen molar-refractivity contribution >= 4 is 5.91 Å². The Kier molecular flexibility index (Phi) is 5.66. The molecule has 4 aliphatic rings. The molecule has 4 rings (SSSR count). The van der Waals surface area contributed by atoms with E-state index in [0.29, 0.717) is 12.0 Å². The molecule has 3 heterocycles. The van der Waals surface area contributed by atoms with Crippen LogP contribution in [0, 0.1) is 5.92 Å². The molecule has 25 heavy (non-hydrogen) atoms. The molecule has 1 saturated carbocycles. The third-order valence-corrected chi connectivity index (χ3v) is 7.34. The lowest BCUT2D eigenvalue weighted by Gasteiger charge is -2.39. The van der Waals surface area contributed by atoms with Crippen molar-refractivity contribution in [3.63, 3.8) is 0 Å². The first kappa shape index (κ1) is 17.8. The van der Waals surface area contributed by atoms with E-state index >= 15 is 0 Å². The molecule has 0 radical (unpaired) electrons. The summed E-state index contributed by atoms with van der Waals surface area (Å²) in [6.07, 6.45) is 15.2. The van der Waals surface area contributed by atoms with Crippen LogP contribution < -0.4 is 0 Å². The second kappa shape index (κ2) is 7.96. The van der Waals surface area contributed by atoms with Crippen molar-refractivity contribution in [2.24, 2.45) is 5.92 Å². The number of carbonyl (C=O) groups excluding carboxylic acids is 1. The Labute approximate surface area is 153 Å². The van der Waals surface area contributed by atoms with Crippen LogP contribution in [0.15, 0.2) is 0 Å². The molecule has 1 spiro atoms. The second-order valence-electron chi connectivity index (χ2n) is 9.02. The Balaban J connectivity index is 1.36. The van der Waals surface area contributed by atoms with Crippen LogP contribution in [0.3, 0.4) is 0 Å². The molecule has 2 atom stereocenters. The Hall–Kier alpha value is -0.610. The smallest absolute Gasteiger partial charge is 0.223 e. The first-order valence-electron chi connectivity index (χ1n) is 10.9. The van der Waals surface area contributed by atoms with Gasteiger partial charge in [-0.15, -0.1) is 0 Å². The van der Waals surface area contributed by atoms with Gasteiger partial charge >= 0.3 is 0 Å². The van der Waals surface area contributed by atoms with Crippen molar-refractivity contribution < 1.29 is 9.53 Å². The number of hydrogen-bond donors (Lipinski definition) is 0. The molecular formula is C21H36N2O2. The van der Waals surface area contributed by atoms with Gasteiger partial charge in [-0.3, -0.25) is 4.79 Å². The summed E-state index contributed by atoms with van der Waals surface area (Å²) in [4.78, 5) is 17.6. The van der Waals surface area contributed by atoms with Gasteiger partial charge in [0.2, 0.25) is 5.91 Å². The van der Waals surface area contributed by atoms with Crippen LogP contribution in [0.2, 0.25) is 0 Å². The third kappa shape index (κ3) is 4.05. The minimum absolute atomic E-state index is 0.143. The Morgan fingerprint density at radius 1 is 0.920 bits per heavy atom. The number of nitrogens with zero attached hydrogens (tertiary/aromatic N) is 2. The van der Waals surface area contributed by atoms with Gasteiger partial charge in [-0.2, -0.15) is 0 Å². The zero-order valence-corrected chi connectivity index (χ0v) is 15.9. The SMILES string of the molecule is O=C1CC[C@@]2(CCCN(CC3CCCCC3)CC2)N1C[C@H]1CCCO1. The third-order valence-electron chi connectivity index (χ3n) is 7.34. The second-order valence-corrected chi connectivity index (χ2v) is 9.02. The van der Waals surface area contributed by atoms with Crippen LogP contribution in [0.25, 0.3) is 0 Å². The molecule has 1 aliphatic carbocycles. The molecular weight excluding hydrogens is 312 g/mol. The maximum atomic E-state index is 12.6. The number of rotatable bonds is 4. The van der Waals surface area contributed by atoms with Gasteiger partial charge in [0, 0.05) is 38.2 Å². The highest BCUT2D eigenvalue weighted by atomic mass is 16.5. The molecule has 3 saturated heterocycles. The van der Waals surface area contributed by atoms with Crippen LogP contribution >= 0.6 is 0 Å². The van der Waals surface area contributed by atoms with E-state index in [4.69, 9.17) is 4.74 Å². The van der Waals surface area contributed by atoms with E-state index in [2.05, 4.69) is 9.80 Å². The van der Waals surface area contributed by atoms with Crippen LogP contribution in [0.5, 0.6) is 0 Å². The van der Waals surface area contributed by atoms with Crippen molar-refractivity contribution in [1.29, 1.82) is 0 Å². The average molecular weight is 349 g/mol. The van der Waals surface area contributed by atoms with E-state index < -0.39 is 0 Å². The summed E-state index contributed by atoms with van der Waals surface area (Å²) < 4.78 is 5.85. The molecule has 0 N–H and O–H groups in total. The van der Waals surface area contributed by atoms with E-state index in [9.17, 15) is 4.79 Å². The summed E-state index contributed by atoms with van der Waals surface area (Å²) in [5, 5.41) is 0. The molecule has 0 bridgehead atoms. The maximum absolute atomic E-state index is 12.6. The normalized spacial score (nSPS) is 35.6. The van der Waals surface area contributed by atoms with Crippen LogP contribution in [-0.4, -0.2) is 60.1 Å². The predicted octanol–water partition coefficient (Wildman–Crippen LogP) is 3.59. The molecule has 3 aliphatic heterocycles. The number of likely N-dealkylation sites (tertiary alicyclic amines) is 2. The average Bonchev–Trinajstić information content (AvgIpc) is 3.19. The summed E-state index contributed by atoms with van der Waals surface area (Å²) in [6, 6.07) is 0. The number of amides is 1. The lowest BCUT2D eigenvalue weighted by Crippen LogP contribution is -2.49. The topological polar surface area (TPSA) is 32.8 Å². The summed E-state index contributed by atoms with van der Waals surface area (Å²) in [6.45, 7) is 5.46. The van der Waals surface area contributed by atoms with Crippen molar-refractivity contribution in [3.8, 4) is 0 Å². The minimum Gasteiger partial charge on any atom is -0.376 e. The molecule has 4 heteroatoms. The van der Waals surface area contributed by atoms with E-state index in [0.717, 1.165) is 44.8 Å². The monoisotopic (exact) mass is 348 g/mol. The molecule has 0 aromatic rings. The molecule has 4 fully saturated rings. The summed E-state index contributed by atoms with van der Waals surface area (Å²) >= 11 is 0. The number of carbonyl (C=O) groups is 1. The molecule has 0 aromatic carbocycles. The van der Waals surface area contributed by atoms with Gasteiger partial charge in [-0.05, 0) is 63.8 Å². The quantitative estimate of drug-likeness (QED) is 0.778. The van der Waals surface area contributed by atoms with Crippen LogP contribution in [-0.2, 0) is 9.53 Å². The van der Waals surface area contributed by atoms with Crippen molar-refractivity contribution in [2.45, 2.75) is 88.7 Å². The van der Waals surface area contributed by atoms with E-state index in [1.54, 1.807) is 0 Å². The van der Waals surface area contributed by atoms with Gasteiger partial charge in [-0.1, -0.05) is 19.3 Å². The van der Waals surface area contributed by atoms with E-state index in [1.807, 2.05) is 0 Å². The highest BCUT2D eigenvalue weighted by Gasteiger charge is 2.46. The Bertz CT molecular complexity index is 457. The summed E-state index contributed by atoms with van der Waals surface area (Å²) in [5.74, 6) is 1.31. The fourth-order valence-corrected chi connectivity index (χ4v) is 5.83. The highest BCUT2D eigenvalue weighted by molar-refractivity contribution is 5.79. The first-order chi connectivity index (χ1) is 12.3. The summed E-state index contributed by atoms with van der Waals surface area (Å²) in [7, 11) is 0. The molecule has 1 amide bonds. The number of hydrogen-bond acceptors (Lipinski definition) is 3. The lowest BCUT2D eigenvalue weighted by atomic mass is 9.87. The molecule has 4 nitrogen and oxygen atoms in total. The van der Waals surface area contributed by atoms with Crippen LogP contribution in [0.4, 0.5) is 0 Å².